The fourth-order valence-electron chi connectivity index (χ4n) is 3.84. The molecule has 1 aromatic rings. The minimum atomic E-state index is 0. The van der Waals surface area contributed by atoms with E-state index in [-0.39, 0.29) is 24.2 Å². The standard InChI is InChI=1S/C17H28N4O2.ClH/c1-3-23-12-13-5-4-6-21(10-13)17(22)16-9-18-8-15(16)14-7-19-20(2)11-14;/h7,11,13,15-16,18H,3-6,8-10,12H2,1-2H3;1H/t13?,15-,16+;/m1./s1. The number of carbonyl (C=O) groups excluding carboxylic acids is 1. The summed E-state index contributed by atoms with van der Waals surface area (Å²) in [6, 6.07) is 0. The molecule has 0 spiro atoms. The van der Waals surface area contributed by atoms with Crippen LogP contribution in [0.2, 0.25) is 0 Å². The molecule has 3 rings (SSSR count). The second-order valence-electron chi connectivity index (χ2n) is 6.77. The molecular weight excluding hydrogens is 328 g/mol. The Labute approximate surface area is 150 Å². The number of hydrogen-bond acceptors (Lipinski definition) is 4. The number of likely N-dealkylation sites (tertiary alicyclic amines) is 1. The molecule has 1 unspecified atom stereocenters. The number of nitrogens with one attached hydrogen (secondary N) is 1. The molecule has 3 heterocycles. The summed E-state index contributed by atoms with van der Waals surface area (Å²) in [6.07, 6.45) is 6.18. The van der Waals surface area contributed by atoms with Crippen molar-refractivity contribution < 1.29 is 9.53 Å². The summed E-state index contributed by atoms with van der Waals surface area (Å²) in [7, 11) is 1.92. The van der Waals surface area contributed by atoms with Crippen molar-refractivity contribution in [3.8, 4) is 0 Å². The van der Waals surface area contributed by atoms with E-state index in [9.17, 15) is 4.79 Å². The molecule has 2 aliphatic rings. The number of aryl methyl sites for hydroxylation is 1. The molecule has 0 radical (unpaired) electrons. The fourth-order valence-corrected chi connectivity index (χ4v) is 3.84. The summed E-state index contributed by atoms with van der Waals surface area (Å²) in [6.45, 7) is 6.90. The average Bonchev–Trinajstić information content (AvgIpc) is 3.21. The van der Waals surface area contributed by atoms with Crippen molar-refractivity contribution in [1.82, 2.24) is 20.0 Å². The quantitative estimate of drug-likeness (QED) is 0.866. The van der Waals surface area contributed by atoms with Crippen LogP contribution in [0.15, 0.2) is 12.4 Å². The largest absolute Gasteiger partial charge is 0.381 e. The van der Waals surface area contributed by atoms with Crippen LogP contribution in [0, 0.1) is 11.8 Å². The maximum atomic E-state index is 13.0. The van der Waals surface area contributed by atoms with Crippen molar-refractivity contribution in [3.05, 3.63) is 18.0 Å². The molecule has 1 aromatic heterocycles. The van der Waals surface area contributed by atoms with Gasteiger partial charge in [0.2, 0.25) is 5.91 Å². The van der Waals surface area contributed by atoms with Gasteiger partial charge in [-0.2, -0.15) is 5.10 Å². The highest BCUT2D eigenvalue weighted by molar-refractivity contribution is 5.85. The van der Waals surface area contributed by atoms with Gasteiger partial charge in [-0.25, -0.2) is 0 Å². The third kappa shape index (κ3) is 4.29. The zero-order valence-corrected chi connectivity index (χ0v) is 15.4. The third-order valence-corrected chi connectivity index (χ3v) is 5.07. The highest BCUT2D eigenvalue weighted by atomic mass is 35.5. The lowest BCUT2D eigenvalue weighted by atomic mass is 9.88. The Balaban J connectivity index is 0.00000208. The van der Waals surface area contributed by atoms with E-state index in [1.807, 2.05) is 31.0 Å². The van der Waals surface area contributed by atoms with E-state index in [2.05, 4.69) is 15.3 Å². The summed E-state index contributed by atoms with van der Waals surface area (Å²) < 4.78 is 7.37. The molecule has 136 valence electrons. The Morgan fingerprint density at radius 3 is 3.00 bits per heavy atom. The zero-order chi connectivity index (χ0) is 16.2. The summed E-state index contributed by atoms with van der Waals surface area (Å²) in [5.74, 6) is 1.05. The molecule has 1 N–H and O–H groups in total. The molecule has 1 amide bonds. The molecule has 7 heteroatoms. The normalized spacial score (nSPS) is 27.1. The first kappa shape index (κ1) is 19.2. The van der Waals surface area contributed by atoms with Crippen LogP contribution in [0.25, 0.3) is 0 Å². The van der Waals surface area contributed by atoms with Crippen LogP contribution < -0.4 is 5.32 Å². The Morgan fingerprint density at radius 1 is 1.46 bits per heavy atom. The fraction of sp³-hybridized carbons (Fsp3) is 0.765. The van der Waals surface area contributed by atoms with Gasteiger partial charge in [0, 0.05) is 51.9 Å². The Morgan fingerprint density at radius 2 is 2.29 bits per heavy atom. The van der Waals surface area contributed by atoms with Gasteiger partial charge in [-0.3, -0.25) is 9.48 Å². The lowest BCUT2D eigenvalue weighted by molar-refractivity contribution is -0.137. The lowest BCUT2D eigenvalue weighted by Crippen LogP contribution is -2.45. The maximum absolute atomic E-state index is 13.0. The van der Waals surface area contributed by atoms with Crippen molar-refractivity contribution in [2.75, 3.05) is 39.4 Å². The number of piperidine rings is 1. The molecular formula is C17H29ClN4O2. The van der Waals surface area contributed by atoms with Crippen LogP contribution in [0.5, 0.6) is 0 Å². The first-order valence-electron chi connectivity index (χ1n) is 8.74. The van der Waals surface area contributed by atoms with Crippen LogP contribution in [-0.2, 0) is 16.6 Å². The smallest absolute Gasteiger partial charge is 0.227 e. The molecule has 0 aromatic carbocycles. The molecule has 24 heavy (non-hydrogen) atoms. The molecule has 3 atom stereocenters. The summed E-state index contributed by atoms with van der Waals surface area (Å²) in [5.41, 5.74) is 1.17. The average molecular weight is 357 g/mol. The highest BCUT2D eigenvalue weighted by Crippen LogP contribution is 2.30. The van der Waals surface area contributed by atoms with E-state index < -0.39 is 0 Å². The molecule has 0 aliphatic carbocycles. The molecule has 0 saturated carbocycles. The molecule has 6 nitrogen and oxygen atoms in total. The minimum Gasteiger partial charge on any atom is -0.381 e. The first-order valence-corrected chi connectivity index (χ1v) is 8.74. The van der Waals surface area contributed by atoms with Gasteiger partial charge in [0.1, 0.15) is 0 Å². The lowest BCUT2D eigenvalue weighted by Gasteiger charge is -2.35. The molecule has 0 bridgehead atoms. The number of nitrogens with zero attached hydrogens (tertiary/aromatic N) is 3. The SMILES string of the molecule is CCOCC1CCCN(C(=O)[C@H]2CNC[C@@H]2c2cnn(C)c2)C1.Cl. The van der Waals surface area contributed by atoms with Crippen LogP contribution >= 0.6 is 12.4 Å². The van der Waals surface area contributed by atoms with Gasteiger partial charge in [0.25, 0.3) is 0 Å². The Hall–Kier alpha value is -1.11. The minimum absolute atomic E-state index is 0. The predicted octanol–water partition coefficient (Wildman–Crippen LogP) is 1.42. The van der Waals surface area contributed by atoms with E-state index in [4.69, 9.17) is 4.74 Å². The Kier molecular flexibility index (Phi) is 7.07. The topological polar surface area (TPSA) is 59.4 Å². The second kappa shape index (κ2) is 8.83. The van der Waals surface area contributed by atoms with Crippen molar-refractivity contribution in [3.63, 3.8) is 0 Å². The van der Waals surface area contributed by atoms with E-state index in [0.29, 0.717) is 11.8 Å². The van der Waals surface area contributed by atoms with E-state index in [1.165, 1.54) is 12.0 Å². The number of aromatic nitrogens is 2. The van der Waals surface area contributed by atoms with Gasteiger partial charge in [0.05, 0.1) is 18.7 Å². The molecule has 2 aliphatic heterocycles. The number of rotatable bonds is 5. The summed E-state index contributed by atoms with van der Waals surface area (Å²) >= 11 is 0. The van der Waals surface area contributed by atoms with Gasteiger partial charge in [-0.15, -0.1) is 12.4 Å². The van der Waals surface area contributed by atoms with E-state index >= 15 is 0 Å². The zero-order valence-electron chi connectivity index (χ0n) is 14.6. The van der Waals surface area contributed by atoms with Gasteiger partial charge in [-0.1, -0.05) is 0 Å². The first-order chi connectivity index (χ1) is 11.2. The molecule has 2 fully saturated rings. The van der Waals surface area contributed by atoms with Gasteiger partial charge in [0.15, 0.2) is 0 Å². The van der Waals surface area contributed by atoms with E-state index in [0.717, 1.165) is 45.8 Å². The monoisotopic (exact) mass is 356 g/mol. The van der Waals surface area contributed by atoms with Crippen LogP contribution in [0.4, 0.5) is 0 Å². The summed E-state index contributed by atoms with van der Waals surface area (Å²) in [5, 5.41) is 7.65. The predicted molar refractivity (Wildman–Crippen MR) is 95.4 cm³/mol. The third-order valence-electron chi connectivity index (χ3n) is 5.07. The van der Waals surface area contributed by atoms with Crippen molar-refractivity contribution in [2.45, 2.75) is 25.7 Å². The number of halogens is 1. The summed E-state index contributed by atoms with van der Waals surface area (Å²) in [4.78, 5) is 15.1. The Bertz CT molecular complexity index is 536. The highest BCUT2D eigenvalue weighted by Gasteiger charge is 2.38. The van der Waals surface area contributed by atoms with Crippen molar-refractivity contribution in [2.24, 2.45) is 18.9 Å². The van der Waals surface area contributed by atoms with Crippen LogP contribution in [0.3, 0.4) is 0 Å². The van der Waals surface area contributed by atoms with Crippen LogP contribution in [-0.4, -0.2) is 60.0 Å². The van der Waals surface area contributed by atoms with Gasteiger partial charge >= 0.3 is 0 Å². The maximum Gasteiger partial charge on any atom is 0.227 e. The van der Waals surface area contributed by atoms with E-state index in [1.54, 1.807) is 0 Å². The molecule has 2 saturated heterocycles. The van der Waals surface area contributed by atoms with Gasteiger partial charge < -0.3 is 15.0 Å². The number of carbonyl (C=O) groups is 1. The van der Waals surface area contributed by atoms with Crippen molar-refractivity contribution in [1.29, 1.82) is 0 Å². The van der Waals surface area contributed by atoms with Gasteiger partial charge in [-0.05, 0) is 31.2 Å². The van der Waals surface area contributed by atoms with Crippen molar-refractivity contribution >= 4 is 18.3 Å². The van der Waals surface area contributed by atoms with Crippen LogP contribution in [0.1, 0.15) is 31.2 Å². The number of hydrogen-bond donors (Lipinski definition) is 1. The number of amides is 1. The number of ether oxygens (including phenoxy) is 1. The second-order valence-corrected chi connectivity index (χ2v) is 6.77.